The number of aliphatic hydroxyl groups is 1. The number of nitrogens with one attached hydrogen (secondary N) is 1. The number of aliphatic hydroxyl groups excluding tert-OH is 1. The lowest BCUT2D eigenvalue weighted by Crippen LogP contribution is -2.54. The first-order valence-corrected chi connectivity index (χ1v) is 7.44. The number of carboxylic acid groups (broad SMARTS) is 1. The standard InChI is InChI=1S/C14H24N2O4/c17-10-11-4-7-16(9-11)13(20)15-14(8-12(18)19)5-2-1-3-6-14/h11,17H,1-10H2,(H,15,20)(H,18,19). The van der Waals surface area contributed by atoms with Gasteiger partial charge in [0.25, 0.3) is 0 Å². The Balaban J connectivity index is 1.96. The van der Waals surface area contributed by atoms with Crippen molar-refractivity contribution in [2.75, 3.05) is 19.7 Å². The van der Waals surface area contributed by atoms with Crippen LogP contribution < -0.4 is 5.32 Å². The van der Waals surface area contributed by atoms with E-state index in [0.717, 1.165) is 38.5 Å². The SMILES string of the molecule is O=C(O)CC1(NC(=O)N2CCC(CO)C2)CCCCC1. The quantitative estimate of drug-likeness (QED) is 0.723. The van der Waals surface area contributed by atoms with Crippen LogP contribution in [0.25, 0.3) is 0 Å². The third-order valence-electron chi connectivity index (χ3n) is 4.50. The average molecular weight is 284 g/mol. The molecular formula is C14H24N2O4. The fourth-order valence-electron chi connectivity index (χ4n) is 3.34. The summed E-state index contributed by atoms with van der Waals surface area (Å²) in [5, 5.41) is 21.2. The number of nitrogens with zero attached hydrogens (tertiary/aromatic N) is 1. The van der Waals surface area contributed by atoms with Gasteiger partial charge < -0.3 is 20.4 Å². The van der Waals surface area contributed by atoms with Gasteiger partial charge >= 0.3 is 12.0 Å². The maximum absolute atomic E-state index is 12.3. The molecule has 1 saturated carbocycles. The van der Waals surface area contributed by atoms with Gasteiger partial charge in [-0.15, -0.1) is 0 Å². The lowest BCUT2D eigenvalue weighted by molar-refractivity contribution is -0.139. The van der Waals surface area contributed by atoms with Crippen molar-refractivity contribution in [3.63, 3.8) is 0 Å². The van der Waals surface area contributed by atoms with Gasteiger partial charge in [0.1, 0.15) is 0 Å². The van der Waals surface area contributed by atoms with Gasteiger partial charge in [0.05, 0.1) is 12.0 Å². The van der Waals surface area contributed by atoms with Crippen molar-refractivity contribution in [2.24, 2.45) is 5.92 Å². The maximum atomic E-state index is 12.3. The molecule has 6 heteroatoms. The predicted molar refractivity (Wildman–Crippen MR) is 73.4 cm³/mol. The third-order valence-corrected chi connectivity index (χ3v) is 4.50. The molecule has 2 amide bonds. The zero-order valence-corrected chi connectivity index (χ0v) is 11.8. The van der Waals surface area contributed by atoms with E-state index in [1.807, 2.05) is 0 Å². The van der Waals surface area contributed by atoms with Gasteiger partial charge in [0.15, 0.2) is 0 Å². The van der Waals surface area contributed by atoms with Gasteiger partial charge in [-0.25, -0.2) is 4.79 Å². The molecule has 0 bridgehead atoms. The highest BCUT2D eigenvalue weighted by Crippen LogP contribution is 2.31. The molecule has 6 nitrogen and oxygen atoms in total. The van der Waals surface area contributed by atoms with Crippen LogP contribution in [0.15, 0.2) is 0 Å². The highest BCUT2D eigenvalue weighted by Gasteiger charge is 2.38. The molecule has 1 aliphatic carbocycles. The van der Waals surface area contributed by atoms with Crippen molar-refractivity contribution in [1.82, 2.24) is 10.2 Å². The smallest absolute Gasteiger partial charge is 0.317 e. The second kappa shape index (κ2) is 6.43. The molecule has 0 radical (unpaired) electrons. The Morgan fingerprint density at radius 1 is 1.25 bits per heavy atom. The van der Waals surface area contributed by atoms with Crippen molar-refractivity contribution in [3.8, 4) is 0 Å². The molecule has 0 spiro atoms. The van der Waals surface area contributed by atoms with Gasteiger partial charge in [-0.05, 0) is 19.3 Å². The van der Waals surface area contributed by atoms with Gasteiger partial charge in [0, 0.05) is 25.6 Å². The van der Waals surface area contributed by atoms with Crippen LogP contribution in [-0.2, 0) is 4.79 Å². The summed E-state index contributed by atoms with van der Waals surface area (Å²) >= 11 is 0. The molecule has 1 heterocycles. The fraction of sp³-hybridized carbons (Fsp3) is 0.857. The van der Waals surface area contributed by atoms with E-state index >= 15 is 0 Å². The molecule has 2 aliphatic rings. The van der Waals surface area contributed by atoms with E-state index in [2.05, 4.69) is 5.32 Å². The molecular weight excluding hydrogens is 260 g/mol. The number of hydrogen-bond acceptors (Lipinski definition) is 3. The molecule has 0 aromatic rings. The highest BCUT2D eigenvalue weighted by molar-refractivity contribution is 5.77. The van der Waals surface area contributed by atoms with Crippen LogP contribution in [0.2, 0.25) is 0 Å². The van der Waals surface area contributed by atoms with E-state index in [4.69, 9.17) is 10.2 Å². The lowest BCUT2D eigenvalue weighted by Gasteiger charge is -2.38. The number of carbonyl (C=O) groups excluding carboxylic acids is 1. The van der Waals surface area contributed by atoms with E-state index in [-0.39, 0.29) is 25.0 Å². The second-order valence-electron chi connectivity index (χ2n) is 6.12. The van der Waals surface area contributed by atoms with Crippen LogP contribution in [0, 0.1) is 5.92 Å². The van der Waals surface area contributed by atoms with E-state index < -0.39 is 11.5 Å². The lowest BCUT2D eigenvalue weighted by atomic mass is 9.79. The van der Waals surface area contributed by atoms with Crippen LogP contribution in [-0.4, -0.2) is 52.3 Å². The highest BCUT2D eigenvalue weighted by atomic mass is 16.4. The van der Waals surface area contributed by atoms with Crippen molar-refractivity contribution in [1.29, 1.82) is 0 Å². The number of carbonyl (C=O) groups is 2. The minimum atomic E-state index is -0.859. The van der Waals surface area contributed by atoms with Crippen molar-refractivity contribution in [3.05, 3.63) is 0 Å². The first kappa shape index (κ1) is 15.1. The third kappa shape index (κ3) is 3.62. The molecule has 2 rings (SSSR count). The zero-order valence-electron chi connectivity index (χ0n) is 11.8. The average Bonchev–Trinajstić information content (AvgIpc) is 2.87. The minimum Gasteiger partial charge on any atom is -0.481 e. The molecule has 1 aliphatic heterocycles. The molecule has 1 atom stereocenters. The summed E-state index contributed by atoms with van der Waals surface area (Å²) in [7, 11) is 0. The number of amides is 2. The van der Waals surface area contributed by atoms with Gasteiger partial charge in [-0.2, -0.15) is 0 Å². The van der Waals surface area contributed by atoms with Crippen molar-refractivity contribution >= 4 is 12.0 Å². The van der Waals surface area contributed by atoms with Crippen LogP contribution >= 0.6 is 0 Å². The molecule has 1 unspecified atom stereocenters. The Bertz CT molecular complexity index is 366. The maximum Gasteiger partial charge on any atom is 0.317 e. The molecule has 1 saturated heterocycles. The van der Waals surface area contributed by atoms with Crippen LogP contribution in [0.5, 0.6) is 0 Å². The van der Waals surface area contributed by atoms with E-state index in [1.54, 1.807) is 4.90 Å². The Hall–Kier alpha value is -1.30. The van der Waals surface area contributed by atoms with Gasteiger partial charge in [-0.1, -0.05) is 19.3 Å². The second-order valence-corrected chi connectivity index (χ2v) is 6.12. The zero-order chi connectivity index (χ0) is 14.6. The van der Waals surface area contributed by atoms with Gasteiger partial charge in [0.2, 0.25) is 0 Å². The monoisotopic (exact) mass is 284 g/mol. The summed E-state index contributed by atoms with van der Waals surface area (Å²) in [5.74, 6) is -0.704. The Morgan fingerprint density at radius 3 is 2.50 bits per heavy atom. The number of urea groups is 1. The summed E-state index contributed by atoms with van der Waals surface area (Å²) < 4.78 is 0. The number of aliphatic carboxylic acids is 1. The van der Waals surface area contributed by atoms with Crippen LogP contribution in [0.1, 0.15) is 44.9 Å². The van der Waals surface area contributed by atoms with Crippen molar-refractivity contribution < 1.29 is 19.8 Å². The van der Waals surface area contributed by atoms with Crippen LogP contribution in [0.3, 0.4) is 0 Å². The number of rotatable bonds is 4. The first-order chi connectivity index (χ1) is 9.54. The summed E-state index contributed by atoms with van der Waals surface area (Å²) in [5.41, 5.74) is -0.585. The topological polar surface area (TPSA) is 89.9 Å². The molecule has 20 heavy (non-hydrogen) atoms. The molecule has 0 aromatic heterocycles. The molecule has 2 fully saturated rings. The van der Waals surface area contributed by atoms with Crippen molar-refractivity contribution in [2.45, 2.75) is 50.5 Å². The summed E-state index contributed by atoms with van der Waals surface area (Å²) in [6.45, 7) is 1.30. The first-order valence-electron chi connectivity index (χ1n) is 7.44. The number of likely N-dealkylation sites (tertiary alicyclic amines) is 1. The normalized spacial score (nSPS) is 25.4. The number of hydrogen-bond donors (Lipinski definition) is 3. The van der Waals surface area contributed by atoms with Crippen LogP contribution in [0.4, 0.5) is 4.79 Å². The Kier molecular flexibility index (Phi) is 4.86. The minimum absolute atomic E-state index is 0.00396. The van der Waals surface area contributed by atoms with Gasteiger partial charge in [-0.3, -0.25) is 4.79 Å². The summed E-state index contributed by atoms with van der Waals surface area (Å²) in [6, 6.07) is -0.177. The molecule has 3 N–H and O–H groups in total. The van der Waals surface area contributed by atoms with E-state index in [0.29, 0.717) is 13.1 Å². The summed E-state index contributed by atoms with van der Waals surface area (Å²) in [4.78, 5) is 25.1. The molecule has 114 valence electrons. The fourth-order valence-corrected chi connectivity index (χ4v) is 3.34. The number of carboxylic acids is 1. The molecule has 0 aromatic carbocycles. The Labute approximate surface area is 119 Å². The Morgan fingerprint density at radius 2 is 1.95 bits per heavy atom. The summed E-state index contributed by atoms with van der Waals surface area (Å²) in [6.07, 6.45) is 5.32. The largest absolute Gasteiger partial charge is 0.481 e. The van der Waals surface area contributed by atoms with E-state index in [9.17, 15) is 9.59 Å². The predicted octanol–water partition coefficient (Wildman–Crippen LogP) is 1.19. The van der Waals surface area contributed by atoms with E-state index in [1.165, 1.54) is 0 Å².